The number of hydrogen-bond acceptors (Lipinski definition) is 6. The van der Waals surface area contributed by atoms with Crippen LogP contribution in [0.25, 0.3) is 10.2 Å². The molecule has 0 saturated heterocycles. The molecule has 0 bridgehead atoms. The number of benzene rings is 1. The summed E-state index contributed by atoms with van der Waals surface area (Å²) < 4.78 is 5.22. The molecule has 0 aliphatic heterocycles. The topological polar surface area (TPSA) is 64.1 Å². The Kier molecular flexibility index (Phi) is 5.31. The van der Waals surface area contributed by atoms with Crippen LogP contribution in [-0.4, -0.2) is 28.7 Å². The Labute approximate surface area is 166 Å². The van der Waals surface area contributed by atoms with Crippen LogP contribution in [-0.2, 0) is 24.2 Å². The Bertz CT molecular complexity index is 1000. The largest absolute Gasteiger partial charge is 0.497 e. The van der Waals surface area contributed by atoms with E-state index >= 15 is 0 Å². The van der Waals surface area contributed by atoms with Gasteiger partial charge in [0, 0.05) is 16.8 Å². The summed E-state index contributed by atoms with van der Waals surface area (Å²) in [7, 11) is 1.64. The van der Waals surface area contributed by atoms with Crippen molar-refractivity contribution in [2.45, 2.75) is 37.8 Å². The highest BCUT2D eigenvalue weighted by Crippen LogP contribution is 2.40. The molecule has 0 saturated carbocycles. The number of nitrogens with one attached hydrogen (secondary N) is 1. The summed E-state index contributed by atoms with van der Waals surface area (Å²) in [5.41, 5.74) is 2.41. The minimum atomic E-state index is -0.000824. The third-order valence-electron chi connectivity index (χ3n) is 4.61. The van der Waals surface area contributed by atoms with E-state index in [1.165, 1.54) is 34.0 Å². The lowest BCUT2D eigenvalue weighted by Crippen LogP contribution is -2.24. The second-order valence-electron chi connectivity index (χ2n) is 6.53. The number of aromatic nitrogens is 2. The van der Waals surface area contributed by atoms with Gasteiger partial charge < -0.3 is 10.1 Å². The molecule has 0 spiro atoms. The molecule has 1 aliphatic rings. The Hall–Kier alpha value is -2.12. The van der Waals surface area contributed by atoms with E-state index in [4.69, 9.17) is 4.74 Å². The maximum atomic E-state index is 12.3. The third kappa shape index (κ3) is 3.94. The average Bonchev–Trinajstić information content (AvgIpc) is 3.25. The molecule has 0 fully saturated rings. The van der Waals surface area contributed by atoms with Crippen LogP contribution in [0.2, 0.25) is 0 Å². The highest BCUT2D eigenvalue weighted by Gasteiger charge is 2.22. The Morgan fingerprint density at radius 2 is 2.22 bits per heavy atom. The molecule has 140 valence electrons. The summed E-state index contributed by atoms with van der Waals surface area (Å²) >= 11 is 3.29. The molecule has 7 heteroatoms. The predicted octanol–water partition coefficient (Wildman–Crippen LogP) is 3.91. The number of hydrogen-bond donors (Lipinski definition) is 1. The number of carbonyl (C=O) groups is 1. The van der Waals surface area contributed by atoms with Crippen LogP contribution in [0.4, 0.5) is 0 Å². The molecule has 1 N–H and O–H groups in total. The lowest BCUT2D eigenvalue weighted by Gasteiger charge is -2.08. The van der Waals surface area contributed by atoms with Gasteiger partial charge >= 0.3 is 0 Å². The van der Waals surface area contributed by atoms with Gasteiger partial charge in [-0.3, -0.25) is 4.79 Å². The van der Waals surface area contributed by atoms with Crippen molar-refractivity contribution in [3.8, 4) is 5.75 Å². The first-order chi connectivity index (χ1) is 13.1. The molecule has 0 unspecified atom stereocenters. The zero-order chi connectivity index (χ0) is 18.8. The Morgan fingerprint density at radius 3 is 3.07 bits per heavy atom. The molecule has 0 atom stereocenters. The maximum absolute atomic E-state index is 12.3. The van der Waals surface area contributed by atoms with Gasteiger partial charge in [0.25, 0.3) is 0 Å². The second-order valence-corrected chi connectivity index (χ2v) is 8.58. The van der Waals surface area contributed by atoms with Crippen LogP contribution < -0.4 is 10.1 Å². The molecule has 1 aromatic carbocycles. The highest BCUT2D eigenvalue weighted by atomic mass is 32.2. The van der Waals surface area contributed by atoms with Gasteiger partial charge in [-0.05, 0) is 49.4 Å². The average molecular weight is 400 g/mol. The van der Waals surface area contributed by atoms with E-state index in [1.807, 2.05) is 31.2 Å². The number of thiophene rings is 1. The van der Waals surface area contributed by atoms with Crippen molar-refractivity contribution < 1.29 is 9.53 Å². The number of aryl methyl sites for hydroxylation is 3. The Balaban J connectivity index is 1.43. The van der Waals surface area contributed by atoms with E-state index in [0.29, 0.717) is 12.3 Å². The summed E-state index contributed by atoms with van der Waals surface area (Å²) in [5, 5.41) is 5.08. The number of methoxy groups -OCH3 is 1. The molecule has 0 radical (unpaired) electrons. The molecule has 2 heterocycles. The SMILES string of the molecule is COc1cccc(CNC(=O)CSc2nc(C)nc3sc4c(c23)CCC4)c1. The van der Waals surface area contributed by atoms with Crippen molar-refractivity contribution >= 4 is 39.2 Å². The van der Waals surface area contributed by atoms with Crippen LogP contribution in [0.15, 0.2) is 29.3 Å². The van der Waals surface area contributed by atoms with Crippen LogP contribution in [0, 0.1) is 6.92 Å². The molecule has 5 nitrogen and oxygen atoms in total. The minimum absolute atomic E-state index is 0.000824. The summed E-state index contributed by atoms with van der Waals surface area (Å²) in [4.78, 5) is 24.1. The smallest absolute Gasteiger partial charge is 0.230 e. The summed E-state index contributed by atoms with van der Waals surface area (Å²) in [6, 6.07) is 7.72. The minimum Gasteiger partial charge on any atom is -0.497 e. The summed E-state index contributed by atoms with van der Waals surface area (Å²) in [5.74, 6) is 1.90. The maximum Gasteiger partial charge on any atom is 0.230 e. The fourth-order valence-electron chi connectivity index (χ4n) is 3.34. The van der Waals surface area contributed by atoms with Gasteiger partial charge in [0.2, 0.25) is 5.91 Å². The van der Waals surface area contributed by atoms with Gasteiger partial charge in [-0.1, -0.05) is 23.9 Å². The van der Waals surface area contributed by atoms with Crippen molar-refractivity contribution in [2.24, 2.45) is 0 Å². The quantitative estimate of drug-likeness (QED) is 0.503. The van der Waals surface area contributed by atoms with Crippen molar-refractivity contribution in [3.63, 3.8) is 0 Å². The molecule has 27 heavy (non-hydrogen) atoms. The van der Waals surface area contributed by atoms with Crippen molar-refractivity contribution in [3.05, 3.63) is 46.1 Å². The number of thioether (sulfide) groups is 1. The van der Waals surface area contributed by atoms with Gasteiger partial charge in [-0.25, -0.2) is 9.97 Å². The first kappa shape index (κ1) is 18.3. The van der Waals surface area contributed by atoms with Gasteiger partial charge in [-0.15, -0.1) is 11.3 Å². The van der Waals surface area contributed by atoms with E-state index < -0.39 is 0 Å². The normalized spacial score (nSPS) is 13.0. The monoisotopic (exact) mass is 399 g/mol. The fourth-order valence-corrected chi connectivity index (χ4v) is 5.64. The number of fused-ring (bicyclic) bond motifs is 3. The number of ether oxygens (including phenoxy) is 1. The molecule has 4 rings (SSSR count). The number of amides is 1. The van der Waals surface area contributed by atoms with Crippen LogP contribution in [0.3, 0.4) is 0 Å². The number of nitrogens with zero attached hydrogens (tertiary/aromatic N) is 2. The lowest BCUT2D eigenvalue weighted by atomic mass is 10.2. The molecule has 3 aromatic rings. The Morgan fingerprint density at radius 1 is 1.33 bits per heavy atom. The van der Waals surface area contributed by atoms with Gasteiger partial charge in [0.15, 0.2) is 0 Å². The predicted molar refractivity (Wildman–Crippen MR) is 110 cm³/mol. The first-order valence-electron chi connectivity index (χ1n) is 8.95. The van der Waals surface area contributed by atoms with Gasteiger partial charge in [0.05, 0.1) is 12.9 Å². The summed E-state index contributed by atoms with van der Waals surface area (Å²) in [6.07, 6.45) is 3.44. The molecule has 1 aliphatic carbocycles. The van der Waals surface area contributed by atoms with Gasteiger partial charge in [-0.2, -0.15) is 0 Å². The number of rotatable bonds is 6. The van der Waals surface area contributed by atoms with Crippen molar-refractivity contribution in [2.75, 3.05) is 12.9 Å². The van der Waals surface area contributed by atoms with E-state index in [2.05, 4.69) is 15.3 Å². The highest BCUT2D eigenvalue weighted by molar-refractivity contribution is 8.00. The van der Waals surface area contributed by atoms with Crippen LogP contribution in [0.5, 0.6) is 5.75 Å². The van der Waals surface area contributed by atoms with Crippen molar-refractivity contribution in [1.29, 1.82) is 0 Å². The van der Waals surface area contributed by atoms with E-state index in [0.717, 1.165) is 39.8 Å². The number of carbonyl (C=O) groups excluding carboxylic acids is 1. The van der Waals surface area contributed by atoms with E-state index in [9.17, 15) is 4.79 Å². The molecular formula is C20H21N3O2S2. The van der Waals surface area contributed by atoms with Gasteiger partial charge in [0.1, 0.15) is 21.4 Å². The third-order valence-corrected chi connectivity index (χ3v) is 6.77. The zero-order valence-corrected chi connectivity index (χ0v) is 17.0. The fraction of sp³-hybridized carbons (Fsp3) is 0.350. The van der Waals surface area contributed by atoms with E-state index in [-0.39, 0.29) is 5.91 Å². The van der Waals surface area contributed by atoms with Crippen LogP contribution >= 0.6 is 23.1 Å². The summed E-state index contributed by atoms with van der Waals surface area (Å²) in [6.45, 7) is 2.40. The van der Waals surface area contributed by atoms with E-state index in [1.54, 1.807) is 18.4 Å². The second kappa shape index (κ2) is 7.86. The molecule has 2 aromatic heterocycles. The molecule has 1 amide bonds. The molecular weight excluding hydrogens is 378 g/mol. The lowest BCUT2D eigenvalue weighted by molar-refractivity contribution is -0.118. The standard InChI is InChI=1S/C20H21N3O2S2/c1-12-22-19(18-15-7-4-8-16(15)27-20(18)23-12)26-11-17(24)21-10-13-5-3-6-14(9-13)25-2/h3,5-6,9H,4,7-8,10-11H2,1-2H3,(H,21,24). The first-order valence-corrected chi connectivity index (χ1v) is 10.8. The van der Waals surface area contributed by atoms with Crippen LogP contribution in [0.1, 0.15) is 28.2 Å². The van der Waals surface area contributed by atoms with Crippen molar-refractivity contribution in [1.82, 2.24) is 15.3 Å². The zero-order valence-electron chi connectivity index (χ0n) is 15.4.